The van der Waals surface area contributed by atoms with Gasteiger partial charge in [-0.05, 0) is 39.0 Å². The minimum absolute atomic E-state index is 0.0438. The number of nitrogens with one attached hydrogen (secondary N) is 2. The van der Waals surface area contributed by atoms with E-state index in [-0.39, 0.29) is 17.0 Å². The summed E-state index contributed by atoms with van der Waals surface area (Å²) < 4.78 is 33.4. The predicted molar refractivity (Wildman–Crippen MR) is 69.3 cm³/mol. The molecule has 1 aromatic heterocycles. The molecule has 2 atom stereocenters. The molecule has 19 heavy (non-hydrogen) atoms. The lowest BCUT2D eigenvalue weighted by molar-refractivity contribution is 0.0848. The molecule has 1 aromatic rings. The van der Waals surface area contributed by atoms with Crippen LogP contribution in [0.3, 0.4) is 0 Å². The summed E-state index contributed by atoms with van der Waals surface area (Å²) in [6.07, 6.45) is 3.08. The Bertz CT molecular complexity index is 558. The van der Waals surface area contributed by atoms with Gasteiger partial charge in [-0.2, -0.15) is 5.10 Å². The van der Waals surface area contributed by atoms with Gasteiger partial charge in [0.1, 0.15) is 4.90 Å². The van der Waals surface area contributed by atoms with Gasteiger partial charge in [-0.3, -0.25) is 5.10 Å². The second-order valence-electron chi connectivity index (χ2n) is 5.45. The highest BCUT2D eigenvalue weighted by atomic mass is 32.2. The molecule has 106 valence electrons. The summed E-state index contributed by atoms with van der Waals surface area (Å²) in [5.41, 5.74) is 1.08. The zero-order valence-corrected chi connectivity index (χ0v) is 12.0. The Labute approximate surface area is 113 Å². The molecule has 0 radical (unpaired) electrons. The summed E-state index contributed by atoms with van der Waals surface area (Å²) in [6.45, 7) is 4.05. The molecule has 0 amide bonds. The van der Waals surface area contributed by atoms with E-state index in [1.54, 1.807) is 13.8 Å². The molecule has 1 saturated heterocycles. The van der Waals surface area contributed by atoms with Crippen LogP contribution in [0.1, 0.15) is 30.7 Å². The highest BCUT2D eigenvalue weighted by Gasteiger charge is 2.42. The van der Waals surface area contributed by atoms with Crippen molar-refractivity contribution >= 4 is 10.0 Å². The highest BCUT2D eigenvalue weighted by molar-refractivity contribution is 7.89. The average molecular weight is 285 g/mol. The van der Waals surface area contributed by atoms with Gasteiger partial charge in [-0.25, -0.2) is 13.1 Å². The molecule has 0 spiro atoms. The third kappa shape index (κ3) is 2.42. The van der Waals surface area contributed by atoms with Gasteiger partial charge in [0.25, 0.3) is 0 Å². The Hall–Kier alpha value is -0.920. The molecule has 2 heterocycles. The van der Waals surface area contributed by atoms with E-state index in [0.29, 0.717) is 23.9 Å². The number of aromatic nitrogens is 2. The third-order valence-electron chi connectivity index (χ3n) is 3.86. The number of H-pyrrole nitrogens is 1. The second-order valence-corrected chi connectivity index (χ2v) is 7.10. The number of nitrogens with zero attached hydrogens (tertiary/aromatic N) is 1. The van der Waals surface area contributed by atoms with Crippen molar-refractivity contribution in [1.29, 1.82) is 0 Å². The van der Waals surface area contributed by atoms with Crippen LogP contribution in [-0.4, -0.2) is 37.4 Å². The van der Waals surface area contributed by atoms with Crippen LogP contribution in [0.15, 0.2) is 4.90 Å². The summed E-state index contributed by atoms with van der Waals surface area (Å²) in [7, 11) is -3.52. The number of hydrogen-bond donors (Lipinski definition) is 2. The summed E-state index contributed by atoms with van der Waals surface area (Å²) in [4.78, 5) is 0.272. The van der Waals surface area contributed by atoms with Crippen molar-refractivity contribution in [2.45, 2.75) is 50.2 Å². The van der Waals surface area contributed by atoms with Gasteiger partial charge in [0.15, 0.2) is 0 Å². The fraction of sp³-hybridized carbons (Fsp3) is 0.750. The number of hydrogen-bond acceptors (Lipinski definition) is 4. The summed E-state index contributed by atoms with van der Waals surface area (Å²) in [5.74, 6) is 0.529. The summed E-state index contributed by atoms with van der Waals surface area (Å²) in [5, 5.41) is 6.66. The number of aromatic amines is 1. The van der Waals surface area contributed by atoms with E-state index < -0.39 is 10.0 Å². The van der Waals surface area contributed by atoms with Gasteiger partial charge >= 0.3 is 0 Å². The lowest BCUT2D eigenvalue weighted by atomic mass is 10.1. The molecule has 2 N–H and O–H groups in total. The van der Waals surface area contributed by atoms with Crippen LogP contribution in [0.4, 0.5) is 0 Å². The number of rotatable bonds is 4. The van der Waals surface area contributed by atoms with Gasteiger partial charge < -0.3 is 4.74 Å². The van der Waals surface area contributed by atoms with Crippen LogP contribution in [-0.2, 0) is 14.8 Å². The molecule has 2 fully saturated rings. The lowest BCUT2D eigenvalue weighted by Gasteiger charge is -2.19. The van der Waals surface area contributed by atoms with Crippen LogP contribution >= 0.6 is 0 Å². The van der Waals surface area contributed by atoms with Crippen molar-refractivity contribution in [2.75, 3.05) is 6.61 Å². The first-order chi connectivity index (χ1) is 8.99. The molecule has 0 aromatic carbocycles. The fourth-order valence-corrected chi connectivity index (χ4v) is 4.47. The van der Waals surface area contributed by atoms with Crippen LogP contribution in [0.5, 0.6) is 0 Å². The molecular formula is C12H19N3O3S. The molecule has 2 aliphatic rings. The van der Waals surface area contributed by atoms with Crippen LogP contribution in [0.25, 0.3) is 0 Å². The van der Waals surface area contributed by atoms with Gasteiger partial charge in [0.2, 0.25) is 10.0 Å². The van der Waals surface area contributed by atoms with Crippen LogP contribution in [0.2, 0.25) is 0 Å². The van der Waals surface area contributed by atoms with Gasteiger partial charge in [0, 0.05) is 6.61 Å². The molecular weight excluding hydrogens is 266 g/mol. The Morgan fingerprint density at radius 1 is 1.32 bits per heavy atom. The predicted octanol–water partition coefficient (Wildman–Crippen LogP) is 0.872. The van der Waals surface area contributed by atoms with Crippen molar-refractivity contribution in [3.05, 3.63) is 11.4 Å². The van der Waals surface area contributed by atoms with Gasteiger partial charge in [-0.1, -0.05) is 0 Å². The summed E-state index contributed by atoms with van der Waals surface area (Å²) >= 11 is 0. The van der Waals surface area contributed by atoms with Gasteiger partial charge in [0.05, 0.1) is 23.5 Å². The largest absolute Gasteiger partial charge is 0.376 e. The minimum Gasteiger partial charge on any atom is -0.376 e. The monoisotopic (exact) mass is 285 g/mol. The number of ether oxygens (including phenoxy) is 1. The van der Waals surface area contributed by atoms with E-state index in [4.69, 9.17) is 4.74 Å². The number of sulfonamides is 1. The quantitative estimate of drug-likeness (QED) is 0.860. The first-order valence-corrected chi connectivity index (χ1v) is 8.13. The van der Waals surface area contributed by atoms with E-state index >= 15 is 0 Å². The molecule has 3 rings (SSSR count). The Balaban J connectivity index is 1.82. The highest BCUT2D eigenvalue weighted by Crippen LogP contribution is 2.39. The van der Waals surface area contributed by atoms with E-state index in [1.807, 2.05) is 0 Å². The molecule has 2 unspecified atom stereocenters. The topological polar surface area (TPSA) is 84.1 Å². The normalized spacial score (nSPS) is 27.9. The molecule has 1 saturated carbocycles. The average Bonchev–Trinajstić information content (AvgIpc) is 2.98. The smallest absolute Gasteiger partial charge is 0.244 e. The standard InChI is InChI=1S/C12H19N3O3S/c1-7-12(8(2)14-13-7)19(16,17)15-10-5-6-18-11(10)9-3-4-9/h9-11,15H,3-6H2,1-2H3,(H,13,14). The van der Waals surface area contributed by atoms with Gasteiger partial charge in [-0.15, -0.1) is 0 Å². The van der Waals surface area contributed by atoms with Crippen molar-refractivity contribution in [1.82, 2.24) is 14.9 Å². The maximum atomic E-state index is 12.5. The van der Waals surface area contributed by atoms with Crippen molar-refractivity contribution in [2.24, 2.45) is 5.92 Å². The van der Waals surface area contributed by atoms with E-state index in [1.165, 1.54) is 0 Å². The Morgan fingerprint density at radius 3 is 2.63 bits per heavy atom. The summed E-state index contributed by atoms with van der Waals surface area (Å²) in [6, 6.07) is -0.105. The maximum Gasteiger partial charge on any atom is 0.244 e. The lowest BCUT2D eigenvalue weighted by Crippen LogP contribution is -2.41. The molecule has 0 bridgehead atoms. The van der Waals surface area contributed by atoms with Crippen molar-refractivity contribution in [3.8, 4) is 0 Å². The molecule has 6 nitrogen and oxygen atoms in total. The zero-order chi connectivity index (χ0) is 13.6. The molecule has 1 aliphatic carbocycles. The first kappa shape index (κ1) is 13.1. The maximum absolute atomic E-state index is 12.5. The van der Waals surface area contributed by atoms with Crippen LogP contribution in [0, 0.1) is 19.8 Å². The van der Waals surface area contributed by atoms with Crippen molar-refractivity contribution in [3.63, 3.8) is 0 Å². The Kier molecular flexibility index (Phi) is 3.15. The number of aryl methyl sites for hydroxylation is 2. The van der Waals surface area contributed by atoms with E-state index in [0.717, 1.165) is 19.3 Å². The third-order valence-corrected chi connectivity index (χ3v) is 5.61. The van der Waals surface area contributed by atoms with Crippen LogP contribution < -0.4 is 4.72 Å². The van der Waals surface area contributed by atoms with Crippen molar-refractivity contribution < 1.29 is 13.2 Å². The first-order valence-electron chi connectivity index (χ1n) is 6.64. The second kappa shape index (κ2) is 4.57. The van der Waals surface area contributed by atoms with E-state index in [2.05, 4.69) is 14.9 Å². The molecule has 7 heteroatoms. The zero-order valence-electron chi connectivity index (χ0n) is 11.1. The Morgan fingerprint density at radius 2 is 2.05 bits per heavy atom. The van der Waals surface area contributed by atoms with E-state index in [9.17, 15) is 8.42 Å². The SMILES string of the molecule is Cc1n[nH]c(C)c1S(=O)(=O)NC1CCOC1C1CC1. The molecule has 1 aliphatic heterocycles. The minimum atomic E-state index is -3.52. The fourth-order valence-electron chi connectivity index (χ4n) is 2.82.